The van der Waals surface area contributed by atoms with Crippen LogP contribution in [0.5, 0.6) is 0 Å². The Kier molecular flexibility index (Phi) is 38.9. The maximum Gasteiger partial charge on any atom is 0.243 e. The number of Topliss-reactive ketones (excluding diaryl/α,β-unsaturated/α-hetero) is 1. The summed E-state index contributed by atoms with van der Waals surface area (Å²) in [6, 6.07) is -3.76. The highest BCUT2D eigenvalue weighted by molar-refractivity contribution is 5.98. The summed E-state index contributed by atoms with van der Waals surface area (Å²) in [6.07, 6.45) is 14.2. The number of imidazole rings is 2. The van der Waals surface area contributed by atoms with E-state index < -0.39 is 96.4 Å². The van der Waals surface area contributed by atoms with Gasteiger partial charge >= 0.3 is 0 Å². The Balaban J connectivity index is 2.26. The van der Waals surface area contributed by atoms with Crippen molar-refractivity contribution in [3.05, 3.63) is 36.4 Å². The van der Waals surface area contributed by atoms with Crippen LogP contribution in [0.3, 0.4) is 0 Å². The molecule has 0 aliphatic rings. The molecule has 0 aliphatic carbocycles. The minimum Gasteiger partial charge on any atom is -0.368 e. The zero-order valence-corrected chi connectivity index (χ0v) is 48.9. The van der Waals surface area contributed by atoms with Gasteiger partial charge in [0.2, 0.25) is 53.7 Å². The first-order chi connectivity index (χ1) is 39.6. The van der Waals surface area contributed by atoms with Gasteiger partial charge in [0.1, 0.15) is 17.9 Å². The molecule has 27 heteroatoms. The van der Waals surface area contributed by atoms with Gasteiger partial charge in [-0.3, -0.25) is 53.3 Å². The SMILES string of the molecule is CCCCCCNC(=O)CC(NC(=O)CC(CC)C(=O)NCCCCCC)C(=O)NC(CC(=O)CC(CC(=O)NCCNCCNC(Cc1cnc[nH]1)NC=O)C(=O)NCCCC)C(=O)NCCNCCNC(Cc1cnc[nH]1)C(N)=O. The number of hydrogen-bond acceptors (Lipinski definition) is 16. The molecule has 27 nitrogen and oxygen atoms in total. The van der Waals surface area contributed by atoms with Crippen LogP contribution in [0.15, 0.2) is 25.0 Å². The van der Waals surface area contributed by atoms with Gasteiger partial charge in [-0.2, -0.15) is 0 Å². The highest BCUT2D eigenvalue weighted by atomic mass is 16.2. The van der Waals surface area contributed by atoms with Crippen LogP contribution >= 0.6 is 0 Å². The highest BCUT2D eigenvalue weighted by Crippen LogP contribution is 2.15. The largest absolute Gasteiger partial charge is 0.368 e. The maximum atomic E-state index is 14.3. The van der Waals surface area contributed by atoms with Crippen LogP contribution in [-0.4, -0.2) is 176 Å². The second-order valence-corrected chi connectivity index (χ2v) is 20.4. The molecule has 0 saturated carbocycles. The minimum absolute atomic E-state index is 0.0182. The minimum atomic E-state index is -1.56. The molecule has 0 saturated heterocycles. The molecule has 9 amide bonds. The number of carbonyl (C=O) groups excluding carboxylic acids is 10. The summed E-state index contributed by atoms with van der Waals surface area (Å²) in [4.78, 5) is 147. The fraction of sp³-hybridized carbons (Fsp3) is 0.709. The number of carbonyl (C=O) groups is 10. The zero-order chi connectivity index (χ0) is 60.2. The molecule has 0 aliphatic heterocycles. The van der Waals surface area contributed by atoms with Crippen molar-refractivity contribution in [2.45, 2.75) is 168 Å². The lowest BCUT2D eigenvalue weighted by Gasteiger charge is -2.24. The summed E-state index contributed by atoms with van der Waals surface area (Å²) in [7, 11) is 0. The second kappa shape index (κ2) is 44.8. The fourth-order valence-electron chi connectivity index (χ4n) is 8.59. The molecular formula is C55H97N17O10. The molecule has 0 fully saturated rings. The van der Waals surface area contributed by atoms with Crippen molar-refractivity contribution in [2.24, 2.45) is 17.6 Å². The van der Waals surface area contributed by atoms with E-state index in [4.69, 9.17) is 5.73 Å². The van der Waals surface area contributed by atoms with Crippen molar-refractivity contribution in [1.82, 2.24) is 83.7 Å². The van der Waals surface area contributed by atoms with E-state index in [1.807, 2.05) is 6.92 Å². The molecule has 6 atom stereocenters. The molecule has 6 unspecified atom stereocenters. The van der Waals surface area contributed by atoms with E-state index in [1.54, 1.807) is 25.6 Å². The monoisotopic (exact) mass is 1160 g/mol. The topological polar surface area (TPSA) is 398 Å². The number of primary amides is 1. The Morgan fingerprint density at radius 3 is 1.59 bits per heavy atom. The van der Waals surface area contributed by atoms with E-state index in [0.29, 0.717) is 90.9 Å². The van der Waals surface area contributed by atoms with E-state index in [-0.39, 0.29) is 44.5 Å². The quantitative estimate of drug-likeness (QED) is 0.0212. The van der Waals surface area contributed by atoms with Crippen LogP contribution in [-0.2, 0) is 60.8 Å². The third-order valence-corrected chi connectivity index (χ3v) is 13.4. The number of H-pyrrole nitrogens is 2. The lowest BCUT2D eigenvalue weighted by atomic mass is 9.94. The van der Waals surface area contributed by atoms with Crippen molar-refractivity contribution in [3.8, 4) is 0 Å². The lowest BCUT2D eigenvalue weighted by molar-refractivity contribution is -0.136. The summed E-state index contributed by atoms with van der Waals surface area (Å²) >= 11 is 0. The zero-order valence-electron chi connectivity index (χ0n) is 48.9. The maximum absolute atomic E-state index is 14.3. The van der Waals surface area contributed by atoms with Gasteiger partial charge in [0.05, 0.1) is 37.2 Å². The Hall–Kier alpha value is -6.84. The molecule has 2 aromatic heterocycles. The second-order valence-electron chi connectivity index (χ2n) is 20.4. The third-order valence-electron chi connectivity index (χ3n) is 13.4. The number of aromatic nitrogens is 4. The smallest absolute Gasteiger partial charge is 0.243 e. The number of hydrogen-bond donors (Lipinski definition) is 15. The number of nitrogens with one attached hydrogen (secondary N) is 14. The van der Waals surface area contributed by atoms with Crippen molar-refractivity contribution >= 4 is 59.5 Å². The first-order valence-electron chi connectivity index (χ1n) is 29.4. The third kappa shape index (κ3) is 33.2. The van der Waals surface area contributed by atoms with Crippen LogP contribution in [0.25, 0.3) is 0 Å². The average molecular weight is 1160 g/mol. The normalized spacial score (nSPS) is 13.3. The van der Waals surface area contributed by atoms with Gasteiger partial charge in [0.25, 0.3) is 0 Å². The molecule has 0 aromatic carbocycles. The molecule has 2 aromatic rings. The Labute approximate surface area is 483 Å². The molecular weight excluding hydrogens is 1060 g/mol. The first kappa shape index (κ1) is 71.3. The number of nitrogens with two attached hydrogens (primary N) is 1. The Morgan fingerprint density at radius 1 is 0.488 bits per heavy atom. The number of rotatable bonds is 51. The van der Waals surface area contributed by atoms with E-state index in [9.17, 15) is 47.9 Å². The molecule has 2 rings (SSSR count). The molecule has 16 N–H and O–H groups in total. The van der Waals surface area contributed by atoms with E-state index in [0.717, 1.165) is 62.8 Å². The predicted molar refractivity (Wildman–Crippen MR) is 310 cm³/mol. The number of nitrogens with zero attached hydrogens (tertiary/aromatic N) is 2. The van der Waals surface area contributed by atoms with Gasteiger partial charge in [-0.05, 0) is 25.7 Å². The first-order valence-corrected chi connectivity index (χ1v) is 29.4. The van der Waals surface area contributed by atoms with E-state index in [2.05, 4.69) is 97.6 Å². The summed E-state index contributed by atoms with van der Waals surface area (Å²) < 4.78 is 0. The predicted octanol–water partition coefficient (Wildman–Crippen LogP) is -1.12. The average Bonchev–Trinajstić information content (AvgIpc) is 4.22. The van der Waals surface area contributed by atoms with Crippen LogP contribution in [0.1, 0.15) is 142 Å². The van der Waals surface area contributed by atoms with Crippen LogP contribution in [0.4, 0.5) is 0 Å². The summed E-state index contributed by atoms with van der Waals surface area (Å²) in [5.41, 5.74) is 7.15. The van der Waals surface area contributed by atoms with Crippen LogP contribution in [0.2, 0.25) is 0 Å². The number of aromatic amines is 2. The summed E-state index contributed by atoms with van der Waals surface area (Å²) in [5, 5.41) is 34.5. The van der Waals surface area contributed by atoms with Gasteiger partial charge < -0.3 is 74.2 Å². The molecule has 0 radical (unpaired) electrons. The van der Waals surface area contributed by atoms with Crippen molar-refractivity contribution < 1.29 is 47.9 Å². The van der Waals surface area contributed by atoms with Crippen LogP contribution < -0.4 is 69.5 Å². The highest BCUT2D eigenvalue weighted by Gasteiger charge is 2.33. The van der Waals surface area contributed by atoms with Gasteiger partial charge in [0, 0.05) is 140 Å². The molecule has 2 heterocycles. The van der Waals surface area contributed by atoms with Crippen molar-refractivity contribution in [2.75, 3.05) is 72.0 Å². The van der Waals surface area contributed by atoms with Gasteiger partial charge in [-0.1, -0.05) is 72.6 Å². The number of amides is 9. The van der Waals surface area contributed by atoms with Crippen molar-refractivity contribution in [3.63, 3.8) is 0 Å². The van der Waals surface area contributed by atoms with E-state index in [1.165, 1.54) is 6.33 Å². The number of ketones is 1. The fourth-order valence-corrected chi connectivity index (χ4v) is 8.59. The molecule has 0 bridgehead atoms. The van der Waals surface area contributed by atoms with Gasteiger partial charge in [-0.25, -0.2) is 9.97 Å². The van der Waals surface area contributed by atoms with Crippen molar-refractivity contribution in [1.29, 1.82) is 0 Å². The number of unbranched alkanes of at least 4 members (excludes halogenated alkanes) is 7. The summed E-state index contributed by atoms with van der Waals surface area (Å²) in [6.45, 7) is 11.4. The Morgan fingerprint density at radius 2 is 1.00 bits per heavy atom. The standard InChI is InChI=1S/C55H97N17O10/c1-5-9-12-14-17-63-49(76)33-46(71-50(77)28-39(8-4)52(79)66-18-15-13-10-6-2)55(82)72-45(54(81)67-26-22-57-19-23-61-44(51(56)78)30-41-34-59-36-68-41)32-43(74)27-40(53(80)65-16-11-7-3)29-48(75)64-25-21-58-20-24-62-47(70-38-73)31-42-35-60-37-69-42/h34-40,44-47,57-58,61-62H,5-33H2,1-4H3,(H2,56,78)(H,59,68)(H,60,69)(H,63,76)(H,64,75)(H,65,80)(H,66,79)(H,67,81)(H,70,73)(H,71,77)(H,72,82). The Bertz CT molecular complexity index is 2150. The van der Waals surface area contributed by atoms with Gasteiger partial charge in [0.15, 0.2) is 0 Å². The van der Waals surface area contributed by atoms with Crippen LogP contribution in [0, 0.1) is 11.8 Å². The van der Waals surface area contributed by atoms with Gasteiger partial charge in [-0.15, -0.1) is 0 Å². The molecule has 82 heavy (non-hydrogen) atoms. The molecule has 462 valence electrons. The molecule has 0 spiro atoms. The van der Waals surface area contributed by atoms with E-state index >= 15 is 0 Å². The lowest BCUT2D eigenvalue weighted by Crippen LogP contribution is -2.56. The summed E-state index contributed by atoms with van der Waals surface area (Å²) in [5.74, 6) is -7.33.